The van der Waals surface area contributed by atoms with Crippen molar-refractivity contribution in [1.29, 1.82) is 0 Å². The van der Waals surface area contributed by atoms with Crippen LogP contribution in [-0.2, 0) is 4.74 Å². The van der Waals surface area contributed by atoms with E-state index >= 15 is 0 Å². The molecule has 2 heterocycles. The van der Waals surface area contributed by atoms with Crippen LogP contribution in [0.3, 0.4) is 0 Å². The number of hydrogen-bond donors (Lipinski definition) is 1. The zero-order valence-corrected chi connectivity index (χ0v) is 11.6. The normalized spacial score (nSPS) is 19.5. The van der Waals surface area contributed by atoms with Crippen molar-refractivity contribution in [2.75, 3.05) is 37.4 Å². The van der Waals surface area contributed by atoms with Gasteiger partial charge in [0, 0.05) is 25.8 Å². The largest absolute Gasteiger partial charge is 0.481 e. The first-order chi connectivity index (χ1) is 9.22. The van der Waals surface area contributed by atoms with Gasteiger partial charge in [0.25, 0.3) is 0 Å². The lowest BCUT2D eigenvalue weighted by atomic mass is 10.1. The molecule has 106 valence electrons. The quantitative estimate of drug-likeness (QED) is 0.870. The molecule has 1 fully saturated rings. The number of methoxy groups -OCH3 is 1. The van der Waals surface area contributed by atoms with E-state index in [1.54, 1.807) is 7.11 Å². The number of aromatic nitrogens is 2. The van der Waals surface area contributed by atoms with Gasteiger partial charge in [-0.25, -0.2) is 0 Å². The van der Waals surface area contributed by atoms with Gasteiger partial charge in [0.05, 0.1) is 13.2 Å². The van der Waals surface area contributed by atoms with Crippen LogP contribution in [-0.4, -0.2) is 42.9 Å². The summed E-state index contributed by atoms with van der Waals surface area (Å²) in [6.07, 6.45) is 3.52. The summed E-state index contributed by atoms with van der Waals surface area (Å²) in [5.74, 6) is 1.55. The molecule has 0 radical (unpaired) electrons. The molecule has 1 saturated heterocycles. The number of nitrogen functional groups attached to an aromatic ring is 1. The molecular formula is C13H22N4O2. The van der Waals surface area contributed by atoms with Gasteiger partial charge in [-0.15, -0.1) is 0 Å². The Morgan fingerprint density at radius 1 is 1.47 bits per heavy atom. The molecule has 0 saturated carbocycles. The summed E-state index contributed by atoms with van der Waals surface area (Å²) in [7, 11) is 1.58. The lowest BCUT2D eigenvalue weighted by molar-refractivity contribution is 0.0439. The van der Waals surface area contributed by atoms with Gasteiger partial charge in [0.15, 0.2) is 0 Å². The van der Waals surface area contributed by atoms with Gasteiger partial charge >= 0.3 is 0 Å². The Bertz CT molecular complexity index is 414. The summed E-state index contributed by atoms with van der Waals surface area (Å²) in [4.78, 5) is 10.5. The molecule has 1 aromatic heterocycles. The van der Waals surface area contributed by atoms with Crippen molar-refractivity contribution in [2.24, 2.45) is 0 Å². The number of anilines is 2. The standard InChI is InChI=1S/C13H22N4O2/c1-3-7-19-10-5-4-6-17(9-10)11-8-12(18-2)16-13(14)15-11/h8,10H,3-7,9H2,1-2H3,(H2,14,15,16). The molecular weight excluding hydrogens is 244 g/mol. The van der Waals surface area contributed by atoms with Crippen LogP contribution in [0.4, 0.5) is 11.8 Å². The Morgan fingerprint density at radius 2 is 2.32 bits per heavy atom. The third-order valence-electron chi connectivity index (χ3n) is 3.18. The summed E-state index contributed by atoms with van der Waals surface area (Å²) in [6.45, 7) is 4.75. The van der Waals surface area contributed by atoms with E-state index < -0.39 is 0 Å². The van der Waals surface area contributed by atoms with Crippen molar-refractivity contribution in [2.45, 2.75) is 32.3 Å². The first-order valence-corrected chi connectivity index (χ1v) is 6.78. The van der Waals surface area contributed by atoms with E-state index in [0.717, 1.165) is 44.8 Å². The van der Waals surface area contributed by atoms with Crippen molar-refractivity contribution in [1.82, 2.24) is 9.97 Å². The van der Waals surface area contributed by atoms with Gasteiger partial charge in [-0.2, -0.15) is 9.97 Å². The van der Waals surface area contributed by atoms with E-state index in [9.17, 15) is 0 Å². The van der Waals surface area contributed by atoms with Crippen molar-refractivity contribution in [3.8, 4) is 5.88 Å². The van der Waals surface area contributed by atoms with Crippen LogP contribution in [0.2, 0.25) is 0 Å². The average Bonchev–Trinajstić information content (AvgIpc) is 2.44. The van der Waals surface area contributed by atoms with E-state index in [1.807, 2.05) is 6.07 Å². The van der Waals surface area contributed by atoms with Crippen molar-refractivity contribution in [3.05, 3.63) is 6.07 Å². The zero-order valence-electron chi connectivity index (χ0n) is 11.6. The lowest BCUT2D eigenvalue weighted by Crippen LogP contribution is -2.40. The van der Waals surface area contributed by atoms with E-state index in [0.29, 0.717) is 5.88 Å². The van der Waals surface area contributed by atoms with Gasteiger partial charge < -0.3 is 20.1 Å². The molecule has 1 atom stereocenters. The van der Waals surface area contributed by atoms with E-state index in [4.69, 9.17) is 15.2 Å². The highest BCUT2D eigenvalue weighted by Gasteiger charge is 2.22. The van der Waals surface area contributed by atoms with E-state index in [-0.39, 0.29) is 12.1 Å². The molecule has 0 amide bonds. The molecule has 0 aromatic carbocycles. The molecule has 0 bridgehead atoms. The van der Waals surface area contributed by atoms with Gasteiger partial charge in [-0.1, -0.05) is 6.92 Å². The highest BCUT2D eigenvalue weighted by atomic mass is 16.5. The van der Waals surface area contributed by atoms with Crippen molar-refractivity contribution in [3.63, 3.8) is 0 Å². The van der Waals surface area contributed by atoms with Crippen LogP contribution in [0.5, 0.6) is 5.88 Å². The first-order valence-electron chi connectivity index (χ1n) is 6.78. The summed E-state index contributed by atoms with van der Waals surface area (Å²) < 4.78 is 11.0. The van der Waals surface area contributed by atoms with Crippen LogP contribution in [0.1, 0.15) is 26.2 Å². The highest BCUT2D eigenvalue weighted by molar-refractivity contribution is 5.45. The number of nitrogens with two attached hydrogens (primary N) is 1. The fourth-order valence-corrected chi connectivity index (χ4v) is 2.26. The second-order valence-electron chi connectivity index (χ2n) is 4.71. The third-order valence-corrected chi connectivity index (χ3v) is 3.18. The van der Waals surface area contributed by atoms with Crippen molar-refractivity contribution < 1.29 is 9.47 Å². The molecule has 6 heteroatoms. The molecule has 1 aromatic rings. The number of hydrogen-bond acceptors (Lipinski definition) is 6. The minimum absolute atomic E-state index is 0.242. The summed E-state index contributed by atoms with van der Waals surface area (Å²) >= 11 is 0. The molecule has 2 rings (SSSR count). The Labute approximate surface area is 113 Å². The van der Waals surface area contributed by atoms with Crippen LogP contribution >= 0.6 is 0 Å². The smallest absolute Gasteiger partial charge is 0.225 e. The van der Waals surface area contributed by atoms with Gasteiger partial charge in [-0.3, -0.25) is 0 Å². The second kappa shape index (κ2) is 6.56. The minimum atomic E-state index is 0.242. The molecule has 1 aliphatic heterocycles. The van der Waals surface area contributed by atoms with Gasteiger partial charge in [0.2, 0.25) is 11.8 Å². The maximum atomic E-state index is 5.82. The molecule has 1 unspecified atom stereocenters. The van der Waals surface area contributed by atoms with Gasteiger partial charge in [-0.05, 0) is 19.3 Å². The fourth-order valence-electron chi connectivity index (χ4n) is 2.26. The number of rotatable bonds is 5. The zero-order chi connectivity index (χ0) is 13.7. The maximum Gasteiger partial charge on any atom is 0.225 e. The second-order valence-corrected chi connectivity index (χ2v) is 4.71. The molecule has 6 nitrogen and oxygen atoms in total. The van der Waals surface area contributed by atoms with Gasteiger partial charge in [0.1, 0.15) is 5.82 Å². The Morgan fingerprint density at radius 3 is 3.05 bits per heavy atom. The lowest BCUT2D eigenvalue weighted by Gasteiger charge is -2.33. The first kappa shape index (κ1) is 13.9. The van der Waals surface area contributed by atoms with E-state index in [2.05, 4.69) is 21.8 Å². The Balaban J connectivity index is 2.06. The molecule has 1 aliphatic rings. The predicted molar refractivity (Wildman–Crippen MR) is 74.5 cm³/mol. The minimum Gasteiger partial charge on any atom is -0.481 e. The monoisotopic (exact) mass is 266 g/mol. The number of nitrogens with zero attached hydrogens (tertiary/aromatic N) is 3. The summed E-state index contributed by atoms with van der Waals surface area (Å²) in [6, 6.07) is 1.82. The molecule has 0 spiro atoms. The summed E-state index contributed by atoms with van der Waals surface area (Å²) in [5.41, 5.74) is 5.70. The number of piperidine rings is 1. The van der Waals surface area contributed by atoms with Crippen LogP contribution in [0, 0.1) is 0 Å². The predicted octanol–water partition coefficient (Wildman–Crippen LogP) is 1.46. The van der Waals surface area contributed by atoms with Crippen LogP contribution in [0.15, 0.2) is 6.07 Å². The highest BCUT2D eigenvalue weighted by Crippen LogP contribution is 2.23. The van der Waals surface area contributed by atoms with E-state index in [1.165, 1.54) is 0 Å². The Hall–Kier alpha value is -1.56. The molecule has 0 aliphatic carbocycles. The average molecular weight is 266 g/mol. The molecule has 2 N–H and O–H groups in total. The van der Waals surface area contributed by atoms with Crippen molar-refractivity contribution >= 4 is 11.8 Å². The van der Waals surface area contributed by atoms with Crippen LogP contribution < -0.4 is 15.4 Å². The Kier molecular flexibility index (Phi) is 4.79. The van der Waals surface area contributed by atoms with Crippen LogP contribution in [0.25, 0.3) is 0 Å². The fraction of sp³-hybridized carbons (Fsp3) is 0.692. The number of ether oxygens (including phenoxy) is 2. The summed E-state index contributed by atoms with van der Waals surface area (Å²) in [5, 5.41) is 0. The SMILES string of the molecule is CCCOC1CCCN(c2cc(OC)nc(N)n2)C1. The molecule has 19 heavy (non-hydrogen) atoms. The third kappa shape index (κ3) is 3.70. The maximum absolute atomic E-state index is 5.82. The topological polar surface area (TPSA) is 73.5 Å².